The van der Waals surface area contributed by atoms with Crippen LogP contribution in [0.5, 0.6) is 0 Å². The van der Waals surface area contributed by atoms with Gasteiger partial charge in [0.1, 0.15) is 0 Å². The molecule has 0 radical (unpaired) electrons. The predicted octanol–water partition coefficient (Wildman–Crippen LogP) is 3.08. The number of rotatable bonds is 1. The minimum absolute atomic E-state index is 0.311. The summed E-state index contributed by atoms with van der Waals surface area (Å²) in [5, 5.41) is 0. The van der Waals surface area contributed by atoms with Crippen LogP contribution in [-0.2, 0) is 0 Å². The average Bonchev–Trinajstić information content (AvgIpc) is 2.38. The minimum Gasteiger partial charge on any atom is -0.0985 e. The Labute approximate surface area is 68.3 Å². The van der Waals surface area contributed by atoms with Gasteiger partial charge in [0.05, 0.1) is 0 Å². The van der Waals surface area contributed by atoms with E-state index >= 15 is 0 Å². The van der Waals surface area contributed by atoms with E-state index in [9.17, 15) is 0 Å². The highest BCUT2D eigenvalue weighted by Gasteiger charge is 2.53. The third-order valence-electron chi connectivity index (χ3n) is 3.45. The summed E-state index contributed by atoms with van der Waals surface area (Å²) in [6.45, 7) is 10.7. The molecule has 0 N–H and O–H groups in total. The van der Waals surface area contributed by atoms with Crippen LogP contribution in [0.3, 0.4) is 0 Å². The molecule has 0 aromatic carbocycles. The molecule has 0 aromatic heterocycles. The molecule has 0 saturated carbocycles. The lowest BCUT2D eigenvalue weighted by molar-refractivity contribution is 0.227. The number of hydrogen-bond donors (Lipinski definition) is 0. The van der Waals surface area contributed by atoms with Gasteiger partial charge in [-0.25, -0.2) is 0 Å². The van der Waals surface area contributed by atoms with E-state index in [0.717, 1.165) is 0 Å². The van der Waals surface area contributed by atoms with Crippen molar-refractivity contribution in [1.29, 1.82) is 0 Å². The average molecular weight is 146 g/mol. The van der Waals surface area contributed by atoms with Crippen molar-refractivity contribution in [3.8, 4) is 0 Å². The summed E-state index contributed by atoms with van der Waals surface area (Å²) < 4.78 is 0. The Bertz CT molecular complexity index is 289. The fourth-order valence-corrected chi connectivity index (χ4v) is 2.11. The molecular formula is C11H14. The summed E-state index contributed by atoms with van der Waals surface area (Å²) in [4.78, 5) is 0. The second-order valence-corrected chi connectivity index (χ2v) is 4.27. The van der Waals surface area contributed by atoms with Gasteiger partial charge < -0.3 is 0 Å². The van der Waals surface area contributed by atoms with Gasteiger partial charge in [-0.3, -0.25) is 0 Å². The second-order valence-electron chi connectivity index (χ2n) is 4.27. The summed E-state index contributed by atoms with van der Waals surface area (Å²) in [5.74, 6) is 0. The van der Waals surface area contributed by atoms with Crippen LogP contribution in [0, 0.1) is 10.8 Å². The van der Waals surface area contributed by atoms with Crippen LogP contribution in [0.1, 0.15) is 20.8 Å². The Morgan fingerprint density at radius 1 is 1.27 bits per heavy atom. The maximum atomic E-state index is 3.81. The summed E-state index contributed by atoms with van der Waals surface area (Å²) >= 11 is 0. The van der Waals surface area contributed by atoms with Crippen LogP contribution in [0.15, 0.2) is 36.0 Å². The van der Waals surface area contributed by atoms with Crippen LogP contribution in [-0.4, -0.2) is 0 Å². The van der Waals surface area contributed by atoms with Crippen LogP contribution >= 0.6 is 0 Å². The summed E-state index contributed by atoms with van der Waals surface area (Å²) in [5.41, 5.74) is 3.50. The lowest BCUT2D eigenvalue weighted by Gasteiger charge is -2.45. The molecule has 0 amide bonds. The maximum absolute atomic E-state index is 3.81. The SMILES string of the molecule is C=CC1=CC2(C)C=C1C2(C)C. The topological polar surface area (TPSA) is 0 Å². The smallest absolute Gasteiger partial charge is 0.0139 e. The first-order valence-corrected chi connectivity index (χ1v) is 4.10. The van der Waals surface area contributed by atoms with E-state index in [1.165, 1.54) is 11.1 Å². The van der Waals surface area contributed by atoms with E-state index in [0.29, 0.717) is 10.8 Å². The second kappa shape index (κ2) is 1.52. The molecule has 3 rings (SSSR count). The molecule has 0 heterocycles. The van der Waals surface area contributed by atoms with E-state index in [2.05, 4.69) is 39.5 Å². The lowest BCUT2D eigenvalue weighted by atomic mass is 9.58. The molecule has 0 aliphatic heterocycles. The monoisotopic (exact) mass is 146 g/mol. The molecule has 2 bridgehead atoms. The Morgan fingerprint density at radius 3 is 2.09 bits per heavy atom. The molecule has 0 spiro atoms. The van der Waals surface area contributed by atoms with Gasteiger partial charge >= 0.3 is 0 Å². The van der Waals surface area contributed by atoms with Gasteiger partial charge in [0.2, 0.25) is 0 Å². The van der Waals surface area contributed by atoms with Crippen LogP contribution < -0.4 is 0 Å². The molecule has 1 unspecified atom stereocenters. The molecule has 0 saturated heterocycles. The Balaban J connectivity index is 2.50. The quantitative estimate of drug-likeness (QED) is 0.533. The highest BCUT2D eigenvalue weighted by atomic mass is 14.6. The van der Waals surface area contributed by atoms with Gasteiger partial charge in [-0.1, -0.05) is 45.6 Å². The third-order valence-corrected chi connectivity index (χ3v) is 3.45. The van der Waals surface area contributed by atoms with Gasteiger partial charge in [-0.05, 0) is 11.1 Å². The molecule has 3 aliphatic rings. The number of allylic oxidation sites excluding steroid dienone is 5. The van der Waals surface area contributed by atoms with Crippen LogP contribution in [0.4, 0.5) is 0 Å². The Morgan fingerprint density at radius 2 is 1.91 bits per heavy atom. The molecule has 11 heavy (non-hydrogen) atoms. The first-order valence-electron chi connectivity index (χ1n) is 4.10. The minimum atomic E-state index is 0.311. The van der Waals surface area contributed by atoms with Gasteiger partial charge in [0, 0.05) is 10.8 Å². The van der Waals surface area contributed by atoms with Crippen LogP contribution in [0.25, 0.3) is 0 Å². The summed E-state index contributed by atoms with van der Waals surface area (Å²) in [7, 11) is 0. The molecule has 0 nitrogen and oxygen atoms in total. The van der Waals surface area contributed by atoms with E-state index in [-0.39, 0.29) is 0 Å². The Hall–Kier alpha value is -0.780. The zero-order valence-corrected chi connectivity index (χ0v) is 7.44. The van der Waals surface area contributed by atoms with Crippen molar-refractivity contribution in [2.24, 2.45) is 10.8 Å². The molecule has 1 atom stereocenters. The highest BCUT2D eigenvalue weighted by Crippen LogP contribution is 2.64. The van der Waals surface area contributed by atoms with E-state index in [1.54, 1.807) is 0 Å². The van der Waals surface area contributed by atoms with Crippen molar-refractivity contribution in [3.63, 3.8) is 0 Å². The third kappa shape index (κ3) is 0.526. The summed E-state index contributed by atoms with van der Waals surface area (Å²) in [6.07, 6.45) is 6.64. The molecular weight excluding hydrogens is 132 g/mol. The molecule has 0 aromatic rings. The molecule has 0 heteroatoms. The first-order chi connectivity index (χ1) is 5.01. The van der Waals surface area contributed by atoms with Crippen molar-refractivity contribution in [3.05, 3.63) is 36.0 Å². The van der Waals surface area contributed by atoms with Crippen LogP contribution in [0.2, 0.25) is 0 Å². The van der Waals surface area contributed by atoms with Gasteiger partial charge in [-0.2, -0.15) is 0 Å². The first kappa shape index (κ1) is 6.90. The largest absolute Gasteiger partial charge is 0.0985 e. The van der Waals surface area contributed by atoms with Crippen molar-refractivity contribution in [2.45, 2.75) is 20.8 Å². The van der Waals surface area contributed by atoms with E-state index in [1.807, 2.05) is 6.08 Å². The predicted molar refractivity (Wildman–Crippen MR) is 48.3 cm³/mol. The van der Waals surface area contributed by atoms with Crippen molar-refractivity contribution in [1.82, 2.24) is 0 Å². The zero-order chi connectivity index (χ0) is 8.28. The standard InChI is InChI=1S/C11H14/c1-5-8-6-11(4)7-9(8)10(11,2)3/h5-7H,1H2,2-4H3. The summed E-state index contributed by atoms with van der Waals surface area (Å²) in [6, 6.07) is 0. The molecule has 3 aliphatic carbocycles. The van der Waals surface area contributed by atoms with Crippen molar-refractivity contribution >= 4 is 0 Å². The Kier molecular flexibility index (Phi) is 0.956. The van der Waals surface area contributed by atoms with Crippen molar-refractivity contribution in [2.75, 3.05) is 0 Å². The molecule has 58 valence electrons. The zero-order valence-electron chi connectivity index (χ0n) is 7.44. The van der Waals surface area contributed by atoms with Gasteiger partial charge in [0.15, 0.2) is 0 Å². The molecule has 0 fully saturated rings. The fraction of sp³-hybridized carbons (Fsp3) is 0.455. The van der Waals surface area contributed by atoms with Crippen molar-refractivity contribution < 1.29 is 0 Å². The maximum Gasteiger partial charge on any atom is 0.0139 e. The lowest BCUT2D eigenvalue weighted by Crippen LogP contribution is -2.37. The van der Waals surface area contributed by atoms with E-state index < -0.39 is 0 Å². The van der Waals surface area contributed by atoms with Gasteiger partial charge in [0.25, 0.3) is 0 Å². The van der Waals surface area contributed by atoms with E-state index in [4.69, 9.17) is 0 Å². The normalized spacial score (nSPS) is 37.4. The number of hydrogen-bond acceptors (Lipinski definition) is 0. The highest BCUT2D eigenvalue weighted by molar-refractivity contribution is 5.61. The fourth-order valence-electron chi connectivity index (χ4n) is 2.11. The van der Waals surface area contributed by atoms with Gasteiger partial charge in [-0.15, -0.1) is 0 Å².